The minimum absolute atomic E-state index is 0.0521. The molecule has 0 aliphatic carbocycles. The SMILES string of the molecule is CCC(C)/C(=N/OS(=O)(=O)[O-])S[C@@H]1O[C@H](CO)[C@@H](O)[C@H](O)[C@H]1O. The quantitative estimate of drug-likeness (QED) is 0.139. The summed E-state index contributed by atoms with van der Waals surface area (Å²) in [6.07, 6.45) is -5.18. The second-order valence-electron chi connectivity index (χ2n) is 5.04. The largest absolute Gasteiger partial charge is 0.714 e. The molecule has 1 fully saturated rings. The van der Waals surface area contributed by atoms with Crippen LogP contribution >= 0.6 is 11.8 Å². The zero-order chi connectivity index (χ0) is 17.8. The van der Waals surface area contributed by atoms with Crippen LogP contribution in [0.5, 0.6) is 0 Å². The van der Waals surface area contributed by atoms with Gasteiger partial charge < -0.3 is 29.7 Å². The predicted octanol–water partition coefficient (Wildman–Crippen LogP) is -1.64. The molecule has 0 aromatic carbocycles. The van der Waals surface area contributed by atoms with Crippen molar-refractivity contribution in [2.24, 2.45) is 11.1 Å². The summed E-state index contributed by atoms with van der Waals surface area (Å²) in [5, 5.41) is 41.8. The molecular weight excluding hydrogens is 354 g/mol. The summed E-state index contributed by atoms with van der Waals surface area (Å²) in [5.41, 5.74) is -1.14. The third-order valence-corrected chi connectivity index (χ3v) is 4.94. The van der Waals surface area contributed by atoms with Crippen LogP contribution in [0.4, 0.5) is 0 Å². The predicted molar refractivity (Wildman–Crippen MR) is 79.0 cm³/mol. The Morgan fingerprint density at radius 3 is 2.43 bits per heavy atom. The second kappa shape index (κ2) is 8.58. The molecule has 1 unspecified atom stereocenters. The lowest BCUT2D eigenvalue weighted by Gasteiger charge is -2.39. The van der Waals surface area contributed by atoms with Crippen LogP contribution in [0, 0.1) is 5.92 Å². The lowest BCUT2D eigenvalue weighted by Crippen LogP contribution is -2.57. The fourth-order valence-electron chi connectivity index (χ4n) is 1.77. The van der Waals surface area contributed by atoms with Gasteiger partial charge in [0.2, 0.25) is 0 Å². The molecule has 4 N–H and O–H groups in total. The van der Waals surface area contributed by atoms with Crippen LogP contribution in [0.1, 0.15) is 20.3 Å². The van der Waals surface area contributed by atoms with Gasteiger partial charge in [-0.3, -0.25) is 4.28 Å². The van der Waals surface area contributed by atoms with Gasteiger partial charge in [0.1, 0.15) is 34.9 Å². The van der Waals surface area contributed by atoms with Crippen LogP contribution in [-0.2, 0) is 19.4 Å². The van der Waals surface area contributed by atoms with Gasteiger partial charge in [-0.2, -0.15) is 8.42 Å². The maximum atomic E-state index is 10.5. The number of rotatable bonds is 6. The Morgan fingerprint density at radius 1 is 1.35 bits per heavy atom. The first kappa shape index (κ1) is 20.6. The van der Waals surface area contributed by atoms with E-state index in [1.807, 2.05) is 0 Å². The Kier molecular flexibility index (Phi) is 7.67. The molecule has 0 bridgehead atoms. The van der Waals surface area contributed by atoms with Gasteiger partial charge in [-0.15, -0.1) is 0 Å². The number of oxime groups is 1. The molecule has 0 aromatic rings. The van der Waals surface area contributed by atoms with Crippen LogP contribution in [0.2, 0.25) is 0 Å². The highest BCUT2D eigenvalue weighted by atomic mass is 32.3. The Labute approximate surface area is 138 Å². The van der Waals surface area contributed by atoms with E-state index in [1.165, 1.54) is 0 Å². The van der Waals surface area contributed by atoms with E-state index in [4.69, 9.17) is 9.84 Å². The summed E-state index contributed by atoms with van der Waals surface area (Å²) in [6, 6.07) is 0. The van der Waals surface area contributed by atoms with Crippen molar-refractivity contribution < 1.29 is 42.4 Å². The summed E-state index contributed by atoms with van der Waals surface area (Å²) >= 11 is 0.739. The van der Waals surface area contributed by atoms with Crippen molar-refractivity contribution in [2.45, 2.75) is 50.1 Å². The number of aliphatic hydroxyl groups is 4. The van der Waals surface area contributed by atoms with Gasteiger partial charge in [0, 0.05) is 5.92 Å². The van der Waals surface area contributed by atoms with Crippen LogP contribution in [-0.4, -0.2) is 74.9 Å². The van der Waals surface area contributed by atoms with Crippen molar-refractivity contribution in [3.63, 3.8) is 0 Å². The minimum atomic E-state index is -5.03. The van der Waals surface area contributed by atoms with Crippen LogP contribution in [0.25, 0.3) is 0 Å². The molecule has 0 aromatic heterocycles. The minimum Gasteiger partial charge on any atom is -0.714 e. The zero-order valence-corrected chi connectivity index (χ0v) is 14.1. The molecule has 1 saturated heterocycles. The standard InChI is InChI=1S/C11H21NO9S2/c1-3-5(2)10(12-21-23(17,18)19)22-11-9(16)8(15)7(14)6(4-13)20-11/h5-9,11,13-16H,3-4H2,1-2H3,(H,17,18,19)/p-1/b12-10-/t5?,6-,7-,8+,9-,11+/m1/s1. The summed E-state index contributed by atoms with van der Waals surface area (Å²) < 4.78 is 40.7. The average Bonchev–Trinajstić information content (AvgIpc) is 2.49. The van der Waals surface area contributed by atoms with Crippen molar-refractivity contribution in [1.82, 2.24) is 0 Å². The van der Waals surface area contributed by atoms with Crippen LogP contribution in [0.15, 0.2) is 5.16 Å². The number of ether oxygens (including phenoxy) is 1. The van der Waals surface area contributed by atoms with E-state index in [2.05, 4.69) is 9.44 Å². The van der Waals surface area contributed by atoms with E-state index < -0.39 is 46.9 Å². The van der Waals surface area contributed by atoms with Crippen molar-refractivity contribution in [1.29, 1.82) is 0 Å². The molecule has 0 radical (unpaired) electrons. The van der Waals surface area contributed by atoms with Crippen molar-refractivity contribution in [3.05, 3.63) is 0 Å². The Morgan fingerprint density at radius 2 is 1.96 bits per heavy atom. The highest BCUT2D eigenvalue weighted by Crippen LogP contribution is 2.31. The van der Waals surface area contributed by atoms with E-state index in [-0.39, 0.29) is 11.0 Å². The molecule has 0 spiro atoms. The average molecular weight is 374 g/mol. The molecule has 136 valence electrons. The van der Waals surface area contributed by atoms with Gasteiger partial charge in [-0.25, -0.2) is 0 Å². The van der Waals surface area contributed by atoms with Gasteiger partial charge in [0.15, 0.2) is 0 Å². The Balaban J connectivity index is 2.93. The fourth-order valence-corrected chi connectivity index (χ4v) is 3.20. The number of thioether (sulfide) groups is 1. The third-order valence-electron chi connectivity index (χ3n) is 3.34. The molecule has 1 rings (SSSR count). The fraction of sp³-hybridized carbons (Fsp3) is 0.909. The Bertz CT molecular complexity index is 510. The first-order valence-electron chi connectivity index (χ1n) is 6.80. The molecule has 1 aliphatic rings. The van der Waals surface area contributed by atoms with E-state index in [0.717, 1.165) is 11.8 Å². The zero-order valence-electron chi connectivity index (χ0n) is 12.5. The van der Waals surface area contributed by atoms with Gasteiger partial charge in [-0.1, -0.05) is 30.8 Å². The third kappa shape index (κ3) is 5.83. The maximum Gasteiger partial charge on any atom is 0.284 e. The van der Waals surface area contributed by atoms with Crippen molar-refractivity contribution in [3.8, 4) is 0 Å². The summed E-state index contributed by atoms with van der Waals surface area (Å²) in [5.74, 6) is -0.325. The van der Waals surface area contributed by atoms with Gasteiger partial charge in [-0.05, 0) is 6.42 Å². The van der Waals surface area contributed by atoms with Gasteiger partial charge in [0.05, 0.1) is 6.61 Å². The first-order chi connectivity index (χ1) is 10.6. The van der Waals surface area contributed by atoms with Crippen LogP contribution in [0.3, 0.4) is 0 Å². The number of aliphatic hydroxyl groups excluding tert-OH is 4. The van der Waals surface area contributed by atoms with Crippen molar-refractivity contribution >= 4 is 27.2 Å². The molecular formula is C11H20NO9S2-. The van der Waals surface area contributed by atoms with E-state index in [1.54, 1.807) is 13.8 Å². The molecule has 23 heavy (non-hydrogen) atoms. The summed E-state index contributed by atoms with van der Waals surface area (Å²) in [7, 11) is -5.03. The van der Waals surface area contributed by atoms with E-state index in [0.29, 0.717) is 6.42 Å². The van der Waals surface area contributed by atoms with E-state index >= 15 is 0 Å². The van der Waals surface area contributed by atoms with E-state index in [9.17, 15) is 28.3 Å². The normalized spacial score (nSPS) is 34.2. The second-order valence-corrected chi connectivity index (χ2v) is 7.12. The highest BCUT2D eigenvalue weighted by Gasteiger charge is 2.44. The van der Waals surface area contributed by atoms with Crippen LogP contribution < -0.4 is 0 Å². The number of hydrogen-bond donors (Lipinski definition) is 4. The smallest absolute Gasteiger partial charge is 0.284 e. The maximum absolute atomic E-state index is 10.5. The number of hydrogen-bond acceptors (Lipinski definition) is 11. The molecule has 1 aliphatic heterocycles. The molecule has 6 atom stereocenters. The molecule has 0 amide bonds. The molecule has 12 heteroatoms. The topological polar surface area (TPSA) is 169 Å². The van der Waals surface area contributed by atoms with Gasteiger partial charge >= 0.3 is 0 Å². The molecule has 1 heterocycles. The highest BCUT2D eigenvalue weighted by molar-refractivity contribution is 8.14. The molecule has 10 nitrogen and oxygen atoms in total. The lowest BCUT2D eigenvalue weighted by atomic mass is 10.0. The summed E-state index contributed by atoms with van der Waals surface area (Å²) in [6.45, 7) is 2.86. The first-order valence-corrected chi connectivity index (χ1v) is 9.01. The van der Waals surface area contributed by atoms with Crippen molar-refractivity contribution in [2.75, 3.05) is 6.61 Å². The van der Waals surface area contributed by atoms with Gasteiger partial charge in [0.25, 0.3) is 10.4 Å². The lowest BCUT2D eigenvalue weighted by molar-refractivity contribution is -0.205. The Hall–Kier alpha value is -0.470. The molecule has 0 saturated carbocycles. The summed E-state index contributed by atoms with van der Waals surface area (Å²) in [4.78, 5) is 0. The number of nitrogens with zero attached hydrogens (tertiary/aromatic N) is 1. The monoisotopic (exact) mass is 374 g/mol.